The molecule has 0 aliphatic rings. The van der Waals surface area contributed by atoms with Crippen LogP contribution in [0.5, 0.6) is 0 Å². The van der Waals surface area contributed by atoms with Crippen LogP contribution >= 0.6 is 0 Å². The average Bonchev–Trinajstić information content (AvgIpc) is 2.56. The zero-order valence-electron chi connectivity index (χ0n) is 14.3. The summed E-state index contributed by atoms with van der Waals surface area (Å²) in [5.41, 5.74) is 9.51. The Morgan fingerprint density at radius 1 is 0.652 bits per heavy atom. The van der Waals surface area contributed by atoms with E-state index >= 15 is 0 Å². The van der Waals surface area contributed by atoms with Gasteiger partial charge < -0.3 is 0 Å². The van der Waals surface area contributed by atoms with E-state index in [-0.39, 0.29) is 0 Å². The molecule has 0 amide bonds. The van der Waals surface area contributed by atoms with Crippen LogP contribution in [0.1, 0.15) is 30.0 Å². The maximum Gasteiger partial charge on any atom is -0.0149 e. The van der Waals surface area contributed by atoms with Gasteiger partial charge in [-0.05, 0) is 59.2 Å². The molecule has 0 atom stereocenters. The number of aryl methyl sites for hydroxylation is 3. The van der Waals surface area contributed by atoms with Crippen LogP contribution in [0.15, 0.2) is 66.7 Å². The van der Waals surface area contributed by atoms with Crippen molar-refractivity contribution in [1.82, 2.24) is 0 Å². The molecule has 0 spiro atoms. The fourth-order valence-electron chi connectivity index (χ4n) is 3.27. The minimum absolute atomic E-state index is 1.11. The summed E-state index contributed by atoms with van der Waals surface area (Å²) in [6.07, 6.45) is 2.28. The molecule has 0 bridgehead atoms. The highest BCUT2D eigenvalue weighted by atomic mass is 14.1. The van der Waals surface area contributed by atoms with Crippen LogP contribution in [0.25, 0.3) is 22.3 Å². The van der Waals surface area contributed by atoms with Gasteiger partial charge in [-0.2, -0.15) is 0 Å². The predicted molar refractivity (Wildman–Crippen MR) is 101 cm³/mol. The van der Waals surface area contributed by atoms with Gasteiger partial charge in [0.1, 0.15) is 0 Å². The molecule has 0 aliphatic carbocycles. The third-order valence-corrected chi connectivity index (χ3v) is 4.52. The van der Waals surface area contributed by atoms with Crippen molar-refractivity contribution in [2.24, 2.45) is 0 Å². The average molecular weight is 300 g/mol. The summed E-state index contributed by atoms with van der Waals surface area (Å²) in [6.45, 7) is 6.63. The van der Waals surface area contributed by atoms with Gasteiger partial charge in [0.05, 0.1) is 0 Å². The standard InChI is InChI=1S/C23H24/c1-4-9-19-16-20(21-12-7-5-10-17(21)2)14-15-23(19)22-13-8-6-11-18(22)3/h5-8,10-16H,4,9H2,1-3H3. The number of hydrogen-bond acceptors (Lipinski definition) is 0. The molecule has 0 unspecified atom stereocenters. The second kappa shape index (κ2) is 6.83. The van der Waals surface area contributed by atoms with E-state index in [1.54, 1.807) is 0 Å². The second-order valence-electron chi connectivity index (χ2n) is 6.25. The van der Waals surface area contributed by atoms with E-state index in [1.165, 1.54) is 38.9 Å². The molecule has 0 heteroatoms. The highest BCUT2D eigenvalue weighted by Gasteiger charge is 2.10. The molecule has 0 heterocycles. The summed E-state index contributed by atoms with van der Waals surface area (Å²) in [6, 6.07) is 24.2. The lowest BCUT2D eigenvalue weighted by atomic mass is 9.90. The number of hydrogen-bond donors (Lipinski definition) is 0. The highest BCUT2D eigenvalue weighted by molar-refractivity contribution is 5.76. The van der Waals surface area contributed by atoms with Crippen LogP contribution in [-0.2, 0) is 6.42 Å². The van der Waals surface area contributed by atoms with Crippen molar-refractivity contribution in [3.05, 3.63) is 83.4 Å². The van der Waals surface area contributed by atoms with E-state index < -0.39 is 0 Å². The molecule has 0 saturated carbocycles. The van der Waals surface area contributed by atoms with Gasteiger partial charge in [0, 0.05) is 0 Å². The lowest BCUT2D eigenvalue weighted by molar-refractivity contribution is 0.924. The topological polar surface area (TPSA) is 0 Å². The van der Waals surface area contributed by atoms with E-state index in [2.05, 4.69) is 87.5 Å². The van der Waals surface area contributed by atoms with Crippen molar-refractivity contribution >= 4 is 0 Å². The van der Waals surface area contributed by atoms with Gasteiger partial charge in [0.2, 0.25) is 0 Å². The first-order valence-corrected chi connectivity index (χ1v) is 8.45. The summed E-state index contributed by atoms with van der Waals surface area (Å²) >= 11 is 0. The minimum atomic E-state index is 1.11. The van der Waals surface area contributed by atoms with Crippen molar-refractivity contribution in [2.75, 3.05) is 0 Å². The van der Waals surface area contributed by atoms with Gasteiger partial charge in [-0.25, -0.2) is 0 Å². The first-order chi connectivity index (χ1) is 11.2. The molecule has 0 aliphatic heterocycles. The van der Waals surface area contributed by atoms with Crippen LogP contribution in [0, 0.1) is 13.8 Å². The summed E-state index contributed by atoms with van der Waals surface area (Å²) in [7, 11) is 0. The molecular weight excluding hydrogens is 276 g/mol. The van der Waals surface area contributed by atoms with E-state index in [4.69, 9.17) is 0 Å². The van der Waals surface area contributed by atoms with E-state index in [9.17, 15) is 0 Å². The molecule has 0 aromatic heterocycles. The SMILES string of the molecule is CCCc1cc(-c2ccccc2C)ccc1-c1ccccc1C. The molecule has 116 valence electrons. The molecule has 0 radical (unpaired) electrons. The van der Waals surface area contributed by atoms with E-state index in [0.29, 0.717) is 0 Å². The van der Waals surface area contributed by atoms with Crippen LogP contribution in [0.2, 0.25) is 0 Å². The second-order valence-corrected chi connectivity index (χ2v) is 6.25. The van der Waals surface area contributed by atoms with Crippen molar-refractivity contribution in [1.29, 1.82) is 0 Å². The smallest absolute Gasteiger partial charge is 0.0149 e. The Hall–Kier alpha value is -2.34. The van der Waals surface area contributed by atoms with Gasteiger partial charge in [0.15, 0.2) is 0 Å². The lowest BCUT2D eigenvalue weighted by Crippen LogP contribution is -1.93. The third kappa shape index (κ3) is 3.22. The zero-order chi connectivity index (χ0) is 16.2. The molecule has 0 fully saturated rings. The minimum Gasteiger partial charge on any atom is -0.0651 e. The third-order valence-electron chi connectivity index (χ3n) is 4.52. The molecule has 3 aromatic carbocycles. The first-order valence-electron chi connectivity index (χ1n) is 8.45. The zero-order valence-corrected chi connectivity index (χ0v) is 14.3. The Bertz CT molecular complexity index is 812. The molecule has 3 rings (SSSR count). The van der Waals surface area contributed by atoms with Gasteiger partial charge in [-0.1, -0.05) is 80.1 Å². The number of benzene rings is 3. The van der Waals surface area contributed by atoms with Crippen molar-refractivity contribution in [3.8, 4) is 22.3 Å². The summed E-state index contributed by atoms with van der Waals surface area (Å²) < 4.78 is 0. The molecular formula is C23H24. The van der Waals surface area contributed by atoms with Crippen LogP contribution in [-0.4, -0.2) is 0 Å². The molecule has 0 saturated heterocycles. The van der Waals surface area contributed by atoms with Gasteiger partial charge in [-0.15, -0.1) is 0 Å². The maximum atomic E-state index is 2.38. The Morgan fingerprint density at radius 2 is 1.26 bits per heavy atom. The van der Waals surface area contributed by atoms with E-state index in [1.807, 2.05) is 0 Å². The Kier molecular flexibility index (Phi) is 4.62. The van der Waals surface area contributed by atoms with Crippen molar-refractivity contribution < 1.29 is 0 Å². The molecule has 0 nitrogen and oxygen atoms in total. The Balaban J connectivity index is 2.13. The fraction of sp³-hybridized carbons (Fsp3) is 0.217. The monoisotopic (exact) mass is 300 g/mol. The lowest BCUT2D eigenvalue weighted by Gasteiger charge is -2.15. The Morgan fingerprint density at radius 3 is 1.87 bits per heavy atom. The van der Waals surface area contributed by atoms with Crippen molar-refractivity contribution in [3.63, 3.8) is 0 Å². The number of rotatable bonds is 4. The van der Waals surface area contributed by atoms with Crippen LogP contribution in [0.3, 0.4) is 0 Å². The quantitative estimate of drug-likeness (QED) is 0.510. The molecule has 23 heavy (non-hydrogen) atoms. The van der Waals surface area contributed by atoms with Crippen LogP contribution in [0.4, 0.5) is 0 Å². The van der Waals surface area contributed by atoms with Gasteiger partial charge >= 0.3 is 0 Å². The molecule has 3 aromatic rings. The highest BCUT2D eigenvalue weighted by Crippen LogP contribution is 2.32. The summed E-state index contributed by atoms with van der Waals surface area (Å²) in [5, 5.41) is 0. The largest absolute Gasteiger partial charge is 0.0651 e. The fourth-order valence-corrected chi connectivity index (χ4v) is 3.27. The normalized spacial score (nSPS) is 10.7. The first kappa shape index (κ1) is 15.6. The predicted octanol–water partition coefficient (Wildman–Crippen LogP) is 6.59. The van der Waals surface area contributed by atoms with Gasteiger partial charge in [-0.3, -0.25) is 0 Å². The summed E-state index contributed by atoms with van der Waals surface area (Å²) in [5.74, 6) is 0. The van der Waals surface area contributed by atoms with Crippen LogP contribution < -0.4 is 0 Å². The maximum absolute atomic E-state index is 2.38. The summed E-state index contributed by atoms with van der Waals surface area (Å²) in [4.78, 5) is 0. The van der Waals surface area contributed by atoms with E-state index in [0.717, 1.165) is 12.8 Å². The van der Waals surface area contributed by atoms with Gasteiger partial charge in [0.25, 0.3) is 0 Å². The van der Waals surface area contributed by atoms with Crippen molar-refractivity contribution in [2.45, 2.75) is 33.6 Å². The molecule has 0 N–H and O–H groups in total. The Labute approximate surface area is 139 Å².